The SMILES string of the molecule is CCOc1cc(/C=C2/NC(=O)N(c3cccc(Cl)c3)C2=O)cc(Cl)c1OCc1ccc(F)cc1. The van der Waals surface area contributed by atoms with Crippen LogP contribution in [0.2, 0.25) is 10.0 Å². The first kappa shape index (κ1) is 23.6. The van der Waals surface area contributed by atoms with Gasteiger partial charge >= 0.3 is 6.03 Å². The minimum absolute atomic E-state index is 0.0727. The van der Waals surface area contributed by atoms with Crippen molar-refractivity contribution in [2.24, 2.45) is 0 Å². The predicted octanol–water partition coefficient (Wildman–Crippen LogP) is 6.21. The zero-order valence-corrected chi connectivity index (χ0v) is 19.5. The van der Waals surface area contributed by atoms with Crippen molar-refractivity contribution in [2.75, 3.05) is 11.5 Å². The molecular formula is C25H19Cl2FN2O4. The molecule has 1 aliphatic heterocycles. The van der Waals surface area contributed by atoms with Gasteiger partial charge in [-0.2, -0.15) is 0 Å². The van der Waals surface area contributed by atoms with Crippen LogP contribution in [0.1, 0.15) is 18.1 Å². The van der Waals surface area contributed by atoms with Crippen LogP contribution in [0.3, 0.4) is 0 Å². The van der Waals surface area contributed by atoms with Crippen molar-refractivity contribution < 1.29 is 23.5 Å². The molecule has 0 aliphatic carbocycles. The molecule has 1 N–H and O–H groups in total. The Kier molecular flexibility index (Phi) is 7.05. The maximum atomic E-state index is 13.1. The maximum Gasteiger partial charge on any atom is 0.333 e. The number of hydrogen-bond donors (Lipinski definition) is 1. The molecular weight excluding hydrogens is 482 g/mol. The van der Waals surface area contributed by atoms with E-state index in [9.17, 15) is 14.0 Å². The van der Waals surface area contributed by atoms with Gasteiger partial charge in [-0.05, 0) is 66.6 Å². The van der Waals surface area contributed by atoms with E-state index in [1.807, 2.05) is 6.92 Å². The van der Waals surface area contributed by atoms with Crippen molar-refractivity contribution in [2.45, 2.75) is 13.5 Å². The molecule has 0 unspecified atom stereocenters. The van der Waals surface area contributed by atoms with Gasteiger partial charge in [-0.25, -0.2) is 14.1 Å². The Morgan fingerprint density at radius 1 is 1.03 bits per heavy atom. The lowest BCUT2D eigenvalue weighted by Gasteiger charge is -2.15. The molecule has 1 heterocycles. The first-order valence-electron chi connectivity index (χ1n) is 10.3. The van der Waals surface area contributed by atoms with Gasteiger partial charge in [-0.3, -0.25) is 4.79 Å². The normalized spacial score (nSPS) is 14.5. The van der Waals surface area contributed by atoms with Crippen LogP contribution >= 0.6 is 23.2 Å². The molecule has 0 aromatic heterocycles. The van der Waals surface area contributed by atoms with Gasteiger partial charge in [0.15, 0.2) is 11.5 Å². The van der Waals surface area contributed by atoms with Crippen LogP contribution in [0.4, 0.5) is 14.9 Å². The van der Waals surface area contributed by atoms with Crippen LogP contribution in [0.25, 0.3) is 6.08 Å². The summed E-state index contributed by atoms with van der Waals surface area (Å²) in [5.41, 5.74) is 1.71. The van der Waals surface area contributed by atoms with E-state index in [0.29, 0.717) is 34.4 Å². The highest BCUT2D eigenvalue weighted by atomic mass is 35.5. The highest BCUT2D eigenvalue weighted by molar-refractivity contribution is 6.33. The van der Waals surface area contributed by atoms with Crippen molar-refractivity contribution in [3.63, 3.8) is 0 Å². The Morgan fingerprint density at radius 3 is 2.50 bits per heavy atom. The Labute approximate surface area is 205 Å². The first-order chi connectivity index (χ1) is 16.4. The molecule has 1 fully saturated rings. The van der Waals surface area contributed by atoms with Crippen molar-refractivity contribution in [3.8, 4) is 11.5 Å². The first-order valence-corrected chi connectivity index (χ1v) is 11.1. The van der Waals surface area contributed by atoms with Gasteiger partial charge in [0.25, 0.3) is 5.91 Å². The number of benzene rings is 3. The number of ether oxygens (including phenoxy) is 2. The average molecular weight is 501 g/mol. The van der Waals surface area contributed by atoms with E-state index in [1.54, 1.807) is 42.5 Å². The lowest BCUT2D eigenvalue weighted by Crippen LogP contribution is -2.30. The molecule has 34 heavy (non-hydrogen) atoms. The van der Waals surface area contributed by atoms with Gasteiger partial charge < -0.3 is 14.8 Å². The van der Waals surface area contributed by atoms with E-state index in [1.165, 1.54) is 24.3 Å². The third-order valence-electron chi connectivity index (χ3n) is 4.88. The van der Waals surface area contributed by atoms with Gasteiger partial charge in [0.05, 0.1) is 17.3 Å². The van der Waals surface area contributed by atoms with Crippen LogP contribution in [0, 0.1) is 5.82 Å². The summed E-state index contributed by atoms with van der Waals surface area (Å²) < 4.78 is 24.7. The van der Waals surface area contributed by atoms with Gasteiger partial charge in [0.1, 0.15) is 18.1 Å². The molecule has 0 radical (unpaired) electrons. The van der Waals surface area contributed by atoms with Crippen LogP contribution in [-0.4, -0.2) is 18.5 Å². The molecule has 0 bridgehead atoms. The number of amides is 3. The second-order valence-corrected chi connectivity index (χ2v) is 8.13. The zero-order chi connectivity index (χ0) is 24.2. The summed E-state index contributed by atoms with van der Waals surface area (Å²) >= 11 is 12.5. The fourth-order valence-electron chi connectivity index (χ4n) is 3.36. The monoisotopic (exact) mass is 500 g/mol. The Bertz CT molecular complexity index is 1280. The molecule has 9 heteroatoms. The summed E-state index contributed by atoms with van der Waals surface area (Å²) in [6.45, 7) is 2.32. The molecule has 4 rings (SSSR count). The number of hydrogen-bond acceptors (Lipinski definition) is 4. The Morgan fingerprint density at radius 2 is 1.79 bits per heavy atom. The fraction of sp³-hybridized carbons (Fsp3) is 0.120. The summed E-state index contributed by atoms with van der Waals surface area (Å²) in [5, 5.41) is 3.22. The summed E-state index contributed by atoms with van der Waals surface area (Å²) in [7, 11) is 0. The van der Waals surface area contributed by atoms with Gasteiger partial charge in [-0.15, -0.1) is 0 Å². The van der Waals surface area contributed by atoms with E-state index in [-0.39, 0.29) is 23.1 Å². The molecule has 174 valence electrons. The van der Waals surface area contributed by atoms with Crippen LogP contribution in [0.15, 0.2) is 66.4 Å². The third kappa shape index (κ3) is 5.16. The van der Waals surface area contributed by atoms with Crippen LogP contribution < -0.4 is 19.7 Å². The fourth-order valence-corrected chi connectivity index (χ4v) is 3.82. The largest absolute Gasteiger partial charge is 0.490 e. The van der Waals surface area contributed by atoms with Gasteiger partial charge in [0, 0.05) is 5.02 Å². The molecule has 1 aliphatic rings. The highest BCUT2D eigenvalue weighted by Crippen LogP contribution is 2.38. The third-order valence-corrected chi connectivity index (χ3v) is 5.40. The number of nitrogens with zero attached hydrogens (tertiary/aromatic N) is 1. The number of rotatable bonds is 7. The number of anilines is 1. The molecule has 3 aromatic carbocycles. The second kappa shape index (κ2) is 10.2. The quantitative estimate of drug-likeness (QED) is 0.309. The molecule has 3 aromatic rings. The Balaban J connectivity index is 1.60. The second-order valence-electron chi connectivity index (χ2n) is 7.29. The van der Waals surface area contributed by atoms with Gasteiger partial charge in [0.2, 0.25) is 0 Å². The van der Waals surface area contributed by atoms with Crippen molar-refractivity contribution in [3.05, 3.63) is 93.4 Å². The van der Waals surface area contributed by atoms with E-state index in [4.69, 9.17) is 32.7 Å². The van der Waals surface area contributed by atoms with Crippen LogP contribution in [-0.2, 0) is 11.4 Å². The van der Waals surface area contributed by atoms with E-state index < -0.39 is 11.9 Å². The van der Waals surface area contributed by atoms with Crippen molar-refractivity contribution in [1.82, 2.24) is 5.32 Å². The van der Waals surface area contributed by atoms with E-state index >= 15 is 0 Å². The zero-order valence-electron chi connectivity index (χ0n) is 18.0. The number of halogens is 3. The Hall–Kier alpha value is -3.55. The summed E-state index contributed by atoms with van der Waals surface area (Å²) in [5.74, 6) is -0.181. The standard InChI is InChI=1S/C25H19Cl2FN2O4/c1-2-33-22-12-16(10-20(27)23(22)34-14-15-6-8-18(28)9-7-15)11-21-24(31)30(25(32)29-21)19-5-3-4-17(26)13-19/h3-13H,2,14H2,1H3,(H,29,32)/b21-11+. The number of nitrogens with one attached hydrogen (secondary N) is 1. The number of urea groups is 1. The molecule has 6 nitrogen and oxygen atoms in total. The van der Waals surface area contributed by atoms with Crippen molar-refractivity contribution >= 4 is 46.9 Å². The average Bonchev–Trinajstić information content (AvgIpc) is 3.07. The minimum atomic E-state index is -0.589. The topological polar surface area (TPSA) is 67.9 Å². The van der Waals surface area contributed by atoms with Gasteiger partial charge in [-0.1, -0.05) is 41.4 Å². The maximum absolute atomic E-state index is 13.1. The number of carbonyl (C=O) groups is 2. The molecule has 0 atom stereocenters. The van der Waals surface area contributed by atoms with E-state index in [0.717, 1.165) is 10.5 Å². The lowest BCUT2D eigenvalue weighted by atomic mass is 10.1. The highest BCUT2D eigenvalue weighted by Gasteiger charge is 2.35. The minimum Gasteiger partial charge on any atom is -0.490 e. The van der Waals surface area contributed by atoms with Crippen molar-refractivity contribution in [1.29, 1.82) is 0 Å². The molecule has 0 spiro atoms. The summed E-state index contributed by atoms with van der Waals surface area (Å²) in [4.78, 5) is 26.3. The summed E-state index contributed by atoms with van der Waals surface area (Å²) in [6.07, 6.45) is 1.50. The molecule has 3 amide bonds. The smallest absolute Gasteiger partial charge is 0.333 e. The van der Waals surface area contributed by atoms with E-state index in [2.05, 4.69) is 5.32 Å². The van der Waals surface area contributed by atoms with Crippen LogP contribution in [0.5, 0.6) is 11.5 Å². The lowest BCUT2D eigenvalue weighted by molar-refractivity contribution is -0.113. The summed E-state index contributed by atoms with van der Waals surface area (Å²) in [6, 6.07) is 15.0. The number of carbonyl (C=O) groups excluding carboxylic acids is 2. The number of imide groups is 1. The predicted molar refractivity (Wildman–Crippen MR) is 129 cm³/mol. The molecule has 0 saturated carbocycles. The molecule has 1 saturated heterocycles.